The quantitative estimate of drug-likeness (QED) is 0.766. The second-order valence-electron chi connectivity index (χ2n) is 2.54. The lowest BCUT2D eigenvalue weighted by Crippen LogP contribution is -2.07. The predicted molar refractivity (Wildman–Crippen MR) is 53.1 cm³/mol. The molecule has 1 rings (SSSR count). The van der Waals surface area contributed by atoms with E-state index in [0.29, 0.717) is 0 Å². The summed E-state index contributed by atoms with van der Waals surface area (Å²) in [5.74, 6) is 0. The topological polar surface area (TPSA) is 29.1 Å². The molecule has 1 aromatic rings. The van der Waals surface area contributed by atoms with Gasteiger partial charge in [0.25, 0.3) is 0 Å². The summed E-state index contributed by atoms with van der Waals surface area (Å²) in [6, 6.07) is 2.01. The van der Waals surface area contributed by atoms with Gasteiger partial charge < -0.3 is 5.32 Å². The first-order valence-corrected chi connectivity index (χ1v) is 4.78. The molecule has 0 fully saturated rings. The highest BCUT2D eigenvalue weighted by molar-refractivity contribution is 7.12. The zero-order valence-electron chi connectivity index (χ0n) is 6.98. The molecule has 0 aromatic carbocycles. The van der Waals surface area contributed by atoms with Crippen molar-refractivity contribution in [3.63, 3.8) is 0 Å². The number of carbonyl (C=O) groups is 1. The van der Waals surface area contributed by atoms with Crippen LogP contribution in [-0.4, -0.2) is 11.8 Å². The van der Waals surface area contributed by atoms with Crippen LogP contribution in [0.2, 0.25) is 0 Å². The van der Waals surface area contributed by atoms with Crippen LogP contribution in [0.25, 0.3) is 0 Å². The Hall–Kier alpha value is -0.540. The Labute approximate surface area is 80.5 Å². The maximum Gasteiger partial charge on any atom is 0.240 e. The third-order valence-corrected chi connectivity index (χ3v) is 2.56. The summed E-state index contributed by atoms with van der Waals surface area (Å²) in [5, 5.41) is 2.60. The van der Waals surface area contributed by atoms with E-state index < -0.39 is 0 Å². The van der Waals surface area contributed by atoms with Gasteiger partial charge in [0.1, 0.15) is 0 Å². The second-order valence-corrected chi connectivity index (χ2v) is 4.42. The molecule has 0 radical (unpaired) electrons. The summed E-state index contributed by atoms with van der Waals surface area (Å²) in [6.07, 6.45) is 0. The predicted octanol–water partition coefficient (Wildman–Crippen LogP) is 2.54. The molecule has 66 valence electrons. The van der Waals surface area contributed by atoms with Gasteiger partial charge in [0, 0.05) is 15.4 Å². The molecule has 1 N–H and O–H groups in total. The van der Waals surface area contributed by atoms with Crippen LogP contribution < -0.4 is 5.32 Å². The van der Waals surface area contributed by atoms with Gasteiger partial charge in [0.15, 0.2) is 0 Å². The molecule has 4 heteroatoms. The summed E-state index contributed by atoms with van der Waals surface area (Å²) in [7, 11) is 0. The normalized spacial score (nSPS) is 9.92. The van der Waals surface area contributed by atoms with E-state index in [1.807, 2.05) is 19.9 Å². The van der Waals surface area contributed by atoms with Crippen molar-refractivity contribution in [3.05, 3.63) is 15.8 Å². The highest BCUT2D eigenvalue weighted by Crippen LogP contribution is 2.24. The third-order valence-electron chi connectivity index (χ3n) is 1.46. The molecular weight excluding hydrogens is 194 g/mol. The number of carbonyl (C=O) groups excluding carboxylic acids is 1. The molecule has 0 atom stereocenters. The van der Waals surface area contributed by atoms with Crippen molar-refractivity contribution in [1.82, 2.24) is 0 Å². The van der Waals surface area contributed by atoms with Crippen LogP contribution in [0.3, 0.4) is 0 Å². The number of hydrogen-bond acceptors (Lipinski definition) is 3. The van der Waals surface area contributed by atoms with Crippen molar-refractivity contribution in [2.75, 3.05) is 11.9 Å². The molecule has 0 spiro atoms. The summed E-state index contributed by atoms with van der Waals surface area (Å²) in [4.78, 5) is 12.9. The summed E-state index contributed by atoms with van der Waals surface area (Å²) in [6.45, 7) is 4.24. The summed E-state index contributed by atoms with van der Waals surface area (Å²) < 4.78 is 0. The van der Waals surface area contributed by atoms with Gasteiger partial charge in [-0.15, -0.1) is 11.3 Å². The van der Waals surface area contributed by atoms with E-state index in [9.17, 15) is 4.79 Å². The molecule has 1 aromatic heterocycles. The minimum Gasteiger partial charge on any atom is -0.376 e. The van der Waals surface area contributed by atoms with Gasteiger partial charge in [-0.25, -0.2) is 0 Å². The Morgan fingerprint density at radius 2 is 2.33 bits per heavy atom. The molecule has 0 saturated heterocycles. The van der Waals surface area contributed by atoms with Crippen LogP contribution in [0.4, 0.5) is 5.69 Å². The third kappa shape index (κ3) is 2.50. The standard InChI is InChI=1S/C8H10ClNOS/c1-5-3-7(6(2)12-5)10-4-8(9)11/h3,10H,4H2,1-2H3. The number of rotatable bonds is 3. The lowest BCUT2D eigenvalue weighted by atomic mass is 10.4. The molecule has 0 aliphatic carbocycles. The second kappa shape index (κ2) is 3.92. The van der Waals surface area contributed by atoms with Crippen molar-refractivity contribution >= 4 is 33.9 Å². The Morgan fingerprint density at radius 1 is 1.67 bits per heavy atom. The van der Waals surface area contributed by atoms with Crippen LogP contribution in [0.1, 0.15) is 9.75 Å². The van der Waals surface area contributed by atoms with Crippen molar-refractivity contribution in [2.24, 2.45) is 0 Å². The smallest absolute Gasteiger partial charge is 0.240 e. The van der Waals surface area contributed by atoms with Gasteiger partial charge in [-0.05, 0) is 31.5 Å². The molecule has 0 saturated carbocycles. The van der Waals surface area contributed by atoms with Crippen molar-refractivity contribution in [3.8, 4) is 0 Å². The lowest BCUT2D eigenvalue weighted by Gasteiger charge is -1.99. The fraction of sp³-hybridized carbons (Fsp3) is 0.375. The number of hydrogen-bond donors (Lipinski definition) is 1. The Balaban J connectivity index is 2.62. The summed E-state index contributed by atoms with van der Waals surface area (Å²) >= 11 is 6.89. The van der Waals surface area contributed by atoms with Crippen LogP contribution in [-0.2, 0) is 4.79 Å². The van der Waals surface area contributed by atoms with E-state index in [2.05, 4.69) is 5.32 Å². The Morgan fingerprint density at radius 3 is 2.75 bits per heavy atom. The van der Waals surface area contributed by atoms with Crippen LogP contribution in [0, 0.1) is 13.8 Å². The molecule has 1 heterocycles. The van der Waals surface area contributed by atoms with E-state index in [1.165, 1.54) is 9.75 Å². The molecule has 2 nitrogen and oxygen atoms in total. The average Bonchev–Trinajstić information content (AvgIpc) is 2.26. The molecule has 0 aliphatic rings. The fourth-order valence-corrected chi connectivity index (χ4v) is 1.94. The van der Waals surface area contributed by atoms with Crippen LogP contribution in [0.15, 0.2) is 6.07 Å². The number of halogens is 1. The minimum atomic E-state index is -0.363. The zero-order valence-corrected chi connectivity index (χ0v) is 8.55. The van der Waals surface area contributed by atoms with Crippen molar-refractivity contribution in [2.45, 2.75) is 13.8 Å². The lowest BCUT2D eigenvalue weighted by molar-refractivity contribution is -0.110. The number of nitrogens with one attached hydrogen (secondary N) is 1. The molecule has 0 aliphatic heterocycles. The number of aryl methyl sites for hydroxylation is 2. The zero-order chi connectivity index (χ0) is 9.14. The molecular formula is C8H10ClNOS. The first-order chi connectivity index (χ1) is 5.59. The van der Waals surface area contributed by atoms with Gasteiger partial charge in [-0.1, -0.05) is 0 Å². The van der Waals surface area contributed by atoms with Crippen molar-refractivity contribution in [1.29, 1.82) is 0 Å². The van der Waals surface area contributed by atoms with Gasteiger partial charge in [0.2, 0.25) is 5.24 Å². The highest BCUT2D eigenvalue weighted by atomic mass is 35.5. The van der Waals surface area contributed by atoms with E-state index in [4.69, 9.17) is 11.6 Å². The van der Waals surface area contributed by atoms with Crippen molar-refractivity contribution < 1.29 is 4.79 Å². The van der Waals surface area contributed by atoms with Gasteiger partial charge in [-0.3, -0.25) is 4.79 Å². The number of anilines is 1. The van der Waals surface area contributed by atoms with E-state index in [0.717, 1.165) is 5.69 Å². The SMILES string of the molecule is Cc1cc(NCC(=O)Cl)c(C)s1. The van der Waals surface area contributed by atoms with Crippen LogP contribution >= 0.6 is 22.9 Å². The maximum atomic E-state index is 10.4. The van der Waals surface area contributed by atoms with E-state index in [-0.39, 0.29) is 11.8 Å². The maximum absolute atomic E-state index is 10.4. The minimum absolute atomic E-state index is 0.193. The molecule has 0 amide bonds. The summed E-state index contributed by atoms with van der Waals surface area (Å²) in [5.41, 5.74) is 1.01. The monoisotopic (exact) mass is 203 g/mol. The van der Waals surface area contributed by atoms with Crippen LogP contribution in [0.5, 0.6) is 0 Å². The fourth-order valence-electron chi connectivity index (χ4n) is 0.971. The van der Waals surface area contributed by atoms with Gasteiger partial charge >= 0.3 is 0 Å². The van der Waals surface area contributed by atoms with Gasteiger partial charge in [-0.2, -0.15) is 0 Å². The van der Waals surface area contributed by atoms with E-state index >= 15 is 0 Å². The molecule has 0 bridgehead atoms. The molecule has 12 heavy (non-hydrogen) atoms. The first-order valence-electron chi connectivity index (χ1n) is 3.59. The Kier molecular flexibility index (Phi) is 3.12. The average molecular weight is 204 g/mol. The van der Waals surface area contributed by atoms with E-state index in [1.54, 1.807) is 11.3 Å². The highest BCUT2D eigenvalue weighted by Gasteiger charge is 2.02. The first kappa shape index (κ1) is 9.55. The molecule has 0 unspecified atom stereocenters. The number of thiophene rings is 1. The van der Waals surface area contributed by atoms with Gasteiger partial charge in [0.05, 0.1) is 6.54 Å². The Bertz CT molecular complexity index is 295. The largest absolute Gasteiger partial charge is 0.376 e.